The molecule has 0 amide bonds. The predicted molar refractivity (Wildman–Crippen MR) is 144 cm³/mol. The summed E-state index contributed by atoms with van der Waals surface area (Å²) in [7, 11) is 1.83. The Morgan fingerprint density at radius 1 is 0.939 bits per heavy atom. The molecule has 0 aliphatic carbocycles. The second-order valence-electron chi connectivity index (χ2n) is 8.30. The monoisotopic (exact) mass is 567 g/mol. The van der Waals surface area contributed by atoms with Crippen LogP contribution in [-0.4, -0.2) is 86.7 Å². The minimum atomic E-state index is -0.196. The van der Waals surface area contributed by atoms with Crippen LogP contribution in [0, 0.1) is 5.82 Å². The summed E-state index contributed by atoms with van der Waals surface area (Å²) in [5.74, 6) is 1.77. The van der Waals surface area contributed by atoms with Crippen molar-refractivity contribution in [2.45, 2.75) is 13.5 Å². The molecule has 2 saturated heterocycles. The molecular weight excluding hydrogens is 532 g/mol. The van der Waals surface area contributed by atoms with Crippen LogP contribution in [0.25, 0.3) is 0 Å². The molecule has 0 atom stereocenters. The molecule has 0 radical (unpaired) electrons. The average molecular weight is 567 g/mol. The molecule has 1 N–H and O–H groups in total. The van der Waals surface area contributed by atoms with Gasteiger partial charge in [-0.05, 0) is 42.4 Å². The third-order valence-corrected chi connectivity index (χ3v) is 6.39. The van der Waals surface area contributed by atoms with Gasteiger partial charge in [0.2, 0.25) is 0 Å². The number of piperazine rings is 2. The summed E-state index contributed by atoms with van der Waals surface area (Å²) < 4.78 is 13.2. The number of anilines is 2. The van der Waals surface area contributed by atoms with Gasteiger partial charge in [0, 0.05) is 77.8 Å². The molecule has 2 aromatic rings. The van der Waals surface area contributed by atoms with Crippen molar-refractivity contribution in [1.29, 1.82) is 0 Å². The van der Waals surface area contributed by atoms with Crippen LogP contribution in [0.15, 0.2) is 47.6 Å². The molecule has 0 unspecified atom stereocenters. The van der Waals surface area contributed by atoms with E-state index < -0.39 is 0 Å². The number of likely N-dealkylation sites (N-methyl/N-ethyl adjacent to an activating group) is 1. The second kappa shape index (κ2) is 12.4. The number of nitrogens with one attached hydrogen (secondary N) is 1. The van der Waals surface area contributed by atoms with Crippen molar-refractivity contribution in [2.75, 3.05) is 75.8 Å². The normalized spacial score (nSPS) is 17.7. The minimum Gasteiger partial charge on any atom is -0.368 e. The Hall–Kier alpha value is -2.14. The van der Waals surface area contributed by atoms with Gasteiger partial charge in [-0.1, -0.05) is 13.0 Å². The highest BCUT2D eigenvalue weighted by molar-refractivity contribution is 14.0. The summed E-state index contributed by atoms with van der Waals surface area (Å²) >= 11 is 0. The molecule has 0 bridgehead atoms. The zero-order chi connectivity index (χ0) is 22.3. The van der Waals surface area contributed by atoms with Gasteiger partial charge in [0.15, 0.2) is 5.96 Å². The maximum Gasteiger partial charge on any atom is 0.194 e. The lowest BCUT2D eigenvalue weighted by molar-refractivity contribution is 0.270. The van der Waals surface area contributed by atoms with E-state index in [0.717, 1.165) is 81.9 Å². The quantitative estimate of drug-likeness (QED) is 0.341. The van der Waals surface area contributed by atoms with Crippen molar-refractivity contribution in [3.8, 4) is 0 Å². The van der Waals surface area contributed by atoms with Crippen LogP contribution in [0.3, 0.4) is 0 Å². The summed E-state index contributed by atoms with van der Waals surface area (Å²) in [4.78, 5) is 18.6. The number of hydrogen-bond donors (Lipinski definition) is 1. The second-order valence-corrected chi connectivity index (χ2v) is 8.30. The fraction of sp³-hybridized carbons (Fsp3) is 0.500. The number of aliphatic imine (C=N–C) groups is 1. The Kier molecular flexibility index (Phi) is 9.54. The van der Waals surface area contributed by atoms with Crippen LogP contribution >= 0.6 is 24.0 Å². The standard InChI is InChI=1S/C24H34FN7.HI/c1-3-29-10-12-31(13-11-29)23-9-4-20(18-27-23)19-28-24(26-2)32-16-14-30(15-17-32)22-7-5-21(25)6-8-22;/h4-9,18H,3,10-17,19H2,1-2H3,(H,26,28);1H. The number of hydrogen-bond acceptors (Lipinski definition) is 5. The Morgan fingerprint density at radius 2 is 1.61 bits per heavy atom. The maximum absolute atomic E-state index is 13.2. The van der Waals surface area contributed by atoms with E-state index in [1.165, 1.54) is 12.1 Å². The first kappa shape index (κ1) is 25.5. The number of benzene rings is 1. The van der Waals surface area contributed by atoms with Gasteiger partial charge in [0.25, 0.3) is 0 Å². The topological polar surface area (TPSA) is 50.2 Å². The van der Waals surface area contributed by atoms with E-state index >= 15 is 0 Å². The summed E-state index contributed by atoms with van der Waals surface area (Å²) in [5.41, 5.74) is 2.21. The SMILES string of the molecule is CCN1CCN(c2ccc(CNC(=NC)N3CCN(c4ccc(F)cc4)CC3)cn2)CC1.I. The summed E-state index contributed by atoms with van der Waals surface area (Å²) in [6.45, 7) is 11.8. The fourth-order valence-electron chi connectivity index (χ4n) is 4.34. The zero-order valence-corrected chi connectivity index (χ0v) is 21.9. The van der Waals surface area contributed by atoms with Crippen molar-refractivity contribution in [3.05, 3.63) is 54.0 Å². The molecule has 2 aliphatic rings. The lowest BCUT2D eigenvalue weighted by atomic mass is 10.2. The zero-order valence-electron chi connectivity index (χ0n) is 19.6. The van der Waals surface area contributed by atoms with E-state index in [2.05, 4.69) is 49.0 Å². The molecule has 9 heteroatoms. The Labute approximate surface area is 213 Å². The molecule has 33 heavy (non-hydrogen) atoms. The van der Waals surface area contributed by atoms with Gasteiger partial charge in [0.1, 0.15) is 11.6 Å². The molecule has 180 valence electrons. The molecule has 7 nitrogen and oxygen atoms in total. The van der Waals surface area contributed by atoms with Gasteiger partial charge >= 0.3 is 0 Å². The smallest absolute Gasteiger partial charge is 0.194 e. The number of nitrogens with zero attached hydrogens (tertiary/aromatic N) is 6. The molecule has 1 aromatic carbocycles. The first-order valence-corrected chi connectivity index (χ1v) is 11.5. The van der Waals surface area contributed by atoms with E-state index in [1.54, 1.807) is 0 Å². The van der Waals surface area contributed by atoms with E-state index in [9.17, 15) is 4.39 Å². The maximum atomic E-state index is 13.2. The summed E-state index contributed by atoms with van der Waals surface area (Å²) in [6.07, 6.45) is 1.97. The number of aromatic nitrogens is 1. The van der Waals surface area contributed by atoms with Gasteiger partial charge in [-0.3, -0.25) is 4.99 Å². The third-order valence-electron chi connectivity index (χ3n) is 6.39. The first-order chi connectivity index (χ1) is 15.7. The van der Waals surface area contributed by atoms with Gasteiger partial charge in [-0.25, -0.2) is 9.37 Å². The lowest BCUT2D eigenvalue weighted by Gasteiger charge is -2.37. The number of rotatable bonds is 5. The molecular formula is C24H35FIN7. The first-order valence-electron chi connectivity index (χ1n) is 11.5. The highest BCUT2D eigenvalue weighted by Crippen LogP contribution is 2.17. The Bertz CT molecular complexity index is 875. The lowest BCUT2D eigenvalue weighted by Crippen LogP contribution is -2.52. The highest BCUT2D eigenvalue weighted by atomic mass is 127. The fourth-order valence-corrected chi connectivity index (χ4v) is 4.34. The van der Waals surface area contributed by atoms with E-state index in [0.29, 0.717) is 6.54 Å². The minimum absolute atomic E-state index is 0. The largest absolute Gasteiger partial charge is 0.368 e. The molecule has 3 heterocycles. The summed E-state index contributed by atoms with van der Waals surface area (Å²) in [6, 6.07) is 11.0. The average Bonchev–Trinajstić information content (AvgIpc) is 2.86. The van der Waals surface area contributed by atoms with Crippen LogP contribution in [0.2, 0.25) is 0 Å². The number of pyridine rings is 1. The Balaban J connectivity index is 0.00000306. The number of guanidine groups is 1. The van der Waals surface area contributed by atoms with Crippen molar-refractivity contribution in [1.82, 2.24) is 20.1 Å². The third kappa shape index (κ3) is 6.69. The van der Waals surface area contributed by atoms with Gasteiger partial charge < -0.3 is 24.9 Å². The van der Waals surface area contributed by atoms with Gasteiger partial charge in [-0.2, -0.15) is 0 Å². The van der Waals surface area contributed by atoms with Crippen molar-refractivity contribution < 1.29 is 4.39 Å². The molecule has 0 saturated carbocycles. The van der Waals surface area contributed by atoms with Crippen molar-refractivity contribution in [2.24, 2.45) is 4.99 Å². The molecule has 2 aliphatic heterocycles. The van der Waals surface area contributed by atoms with Crippen LogP contribution in [-0.2, 0) is 6.54 Å². The summed E-state index contributed by atoms with van der Waals surface area (Å²) in [5, 5.41) is 3.48. The van der Waals surface area contributed by atoms with Crippen LogP contribution in [0.5, 0.6) is 0 Å². The number of halogens is 2. The van der Waals surface area contributed by atoms with E-state index in [1.807, 2.05) is 25.4 Å². The van der Waals surface area contributed by atoms with E-state index in [-0.39, 0.29) is 29.8 Å². The van der Waals surface area contributed by atoms with Crippen LogP contribution in [0.1, 0.15) is 12.5 Å². The van der Waals surface area contributed by atoms with Crippen molar-refractivity contribution >= 4 is 41.4 Å². The van der Waals surface area contributed by atoms with Gasteiger partial charge in [-0.15, -0.1) is 24.0 Å². The van der Waals surface area contributed by atoms with Crippen LogP contribution in [0.4, 0.5) is 15.9 Å². The highest BCUT2D eigenvalue weighted by Gasteiger charge is 2.20. The van der Waals surface area contributed by atoms with E-state index in [4.69, 9.17) is 4.98 Å². The molecule has 4 rings (SSSR count). The van der Waals surface area contributed by atoms with Crippen molar-refractivity contribution in [3.63, 3.8) is 0 Å². The Morgan fingerprint density at radius 3 is 2.18 bits per heavy atom. The van der Waals surface area contributed by atoms with Gasteiger partial charge in [0.05, 0.1) is 0 Å². The molecule has 0 spiro atoms. The predicted octanol–water partition coefficient (Wildman–Crippen LogP) is 2.88. The molecule has 1 aromatic heterocycles. The molecule has 2 fully saturated rings. The van der Waals surface area contributed by atoms with Crippen LogP contribution < -0.4 is 15.1 Å².